The molecule has 2 nitrogen and oxygen atoms in total. The molecule has 0 saturated heterocycles. The quantitative estimate of drug-likeness (QED) is 0.601. The molecule has 0 N–H and O–H groups in total. The fourth-order valence-electron chi connectivity index (χ4n) is 1.59. The van der Waals surface area contributed by atoms with Crippen molar-refractivity contribution in [3.8, 4) is 6.07 Å². The van der Waals surface area contributed by atoms with E-state index < -0.39 is 22.9 Å². The third-order valence-electron chi connectivity index (χ3n) is 2.61. The van der Waals surface area contributed by atoms with Gasteiger partial charge in [-0.3, -0.25) is 4.79 Å². The molecular weight excluding hydrogens is 267 g/mol. The fraction of sp³-hybridized carbons (Fsp3) is 0.333. The summed E-state index contributed by atoms with van der Waals surface area (Å²) in [5.41, 5.74) is -2.16. The van der Waals surface area contributed by atoms with Gasteiger partial charge in [-0.2, -0.15) is 18.4 Å². The van der Waals surface area contributed by atoms with Crippen molar-refractivity contribution in [1.82, 2.24) is 0 Å². The minimum Gasteiger partial charge on any atom is -0.293 e. The molecule has 0 heterocycles. The van der Waals surface area contributed by atoms with Crippen molar-refractivity contribution >= 4 is 11.9 Å². The third kappa shape index (κ3) is 3.70. The van der Waals surface area contributed by atoms with Crippen molar-refractivity contribution in [2.45, 2.75) is 26.9 Å². The van der Waals surface area contributed by atoms with Crippen LogP contribution in [0.4, 0.5) is 13.2 Å². The Morgan fingerprint density at radius 1 is 1.20 bits per heavy atom. The maximum absolute atomic E-state index is 12.8. The number of rotatable bonds is 2. The largest absolute Gasteiger partial charge is 0.416 e. The van der Waals surface area contributed by atoms with Gasteiger partial charge in [0.1, 0.15) is 6.07 Å². The van der Waals surface area contributed by atoms with Crippen LogP contribution in [0.15, 0.2) is 29.8 Å². The molecule has 0 aliphatic rings. The van der Waals surface area contributed by atoms with Crippen LogP contribution >= 0.6 is 0 Å². The van der Waals surface area contributed by atoms with Crippen LogP contribution in [0.2, 0.25) is 0 Å². The number of nitriles is 1. The van der Waals surface area contributed by atoms with Gasteiger partial charge in [-0.05, 0) is 17.7 Å². The number of hydrogen-bond acceptors (Lipinski definition) is 2. The molecule has 0 radical (unpaired) electrons. The average Bonchev–Trinajstić information content (AvgIpc) is 2.33. The first-order valence-electron chi connectivity index (χ1n) is 5.90. The molecule has 1 rings (SSSR count). The molecule has 20 heavy (non-hydrogen) atoms. The Hall–Kier alpha value is -2.09. The van der Waals surface area contributed by atoms with Crippen molar-refractivity contribution in [1.29, 1.82) is 5.26 Å². The van der Waals surface area contributed by atoms with E-state index in [4.69, 9.17) is 5.26 Å². The van der Waals surface area contributed by atoms with Gasteiger partial charge in [0.05, 0.1) is 11.1 Å². The molecular formula is C15H14F3NO. The number of carbonyl (C=O) groups is 1. The highest BCUT2D eigenvalue weighted by Gasteiger charge is 2.33. The number of halogens is 3. The zero-order chi connectivity index (χ0) is 15.6. The zero-order valence-corrected chi connectivity index (χ0v) is 11.4. The maximum Gasteiger partial charge on any atom is 0.416 e. The lowest BCUT2D eigenvalue weighted by Crippen LogP contribution is -2.21. The van der Waals surface area contributed by atoms with Crippen LogP contribution < -0.4 is 0 Å². The minimum atomic E-state index is -4.53. The monoisotopic (exact) mass is 281 g/mol. The molecule has 0 atom stereocenters. The van der Waals surface area contributed by atoms with E-state index in [9.17, 15) is 18.0 Å². The second-order valence-electron chi connectivity index (χ2n) is 5.33. The highest BCUT2D eigenvalue weighted by atomic mass is 19.4. The van der Waals surface area contributed by atoms with Gasteiger partial charge in [-0.1, -0.05) is 39.0 Å². The summed E-state index contributed by atoms with van der Waals surface area (Å²) in [6.07, 6.45) is -3.53. The molecule has 106 valence electrons. The first kappa shape index (κ1) is 16.0. The van der Waals surface area contributed by atoms with Gasteiger partial charge in [0.2, 0.25) is 0 Å². The van der Waals surface area contributed by atoms with Gasteiger partial charge in [0, 0.05) is 5.41 Å². The van der Waals surface area contributed by atoms with Gasteiger partial charge in [-0.25, -0.2) is 0 Å². The van der Waals surface area contributed by atoms with Crippen molar-refractivity contribution < 1.29 is 18.0 Å². The van der Waals surface area contributed by atoms with Gasteiger partial charge < -0.3 is 0 Å². The van der Waals surface area contributed by atoms with Gasteiger partial charge >= 0.3 is 6.18 Å². The van der Waals surface area contributed by atoms with Crippen LogP contribution in [0.5, 0.6) is 0 Å². The van der Waals surface area contributed by atoms with Crippen LogP contribution in [0.1, 0.15) is 31.9 Å². The SMILES string of the molecule is CC(C)(C)C(=O)/C(C#N)=C/c1ccccc1C(F)(F)F. The summed E-state index contributed by atoms with van der Waals surface area (Å²) < 4.78 is 38.5. The van der Waals surface area contributed by atoms with Crippen molar-refractivity contribution in [2.24, 2.45) is 5.41 Å². The minimum absolute atomic E-state index is 0.186. The predicted octanol–water partition coefficient (Wildman–Crippen LogP) is 4.23. The molecule has 0 spiro atoms. The van der Waals surface area contributed by atoms with E-state index >= 15 is 0 Å². The topological polar surface area (TPSA) is 40.9 Å². The van der Waals surface area contributed by atoms with Crippen molar-refractivity contribution in [2.75, 3.05) is 0 Å². The van der Waals surface area contributed by atoms with Crippen LogP contribution in [0.3, 0.4) is 0 Å². The maximum atomic E-state index is 12.8. The number of carbonyl (C=O) groups excluding carboxylic acids is 1. The summed E-state index contributed by atoms with van der Waals surface area (Å²) >= 11 is 0. The van der Waals surface area contributed by atoms with E-state index in [1.54, 1.807) is 26.8 Å². The van der Waals surface area contributed by atoms with Gasteiger partial charge in [0.25, 0.3) is 0 Å². The standard InChI is InChI=1S/C15H14F3NO/c1-14(2,3)13(20)11(9-19)8-10-6-4-5-7-12(10)15(16,17)18/h4-8H,1-3H3/b11-8+. The number of Topliss-reactive ketones (excluding diaryl/α,β-unsaturated/α-hetero) is 1. The van der Waals surface area contributed by atoms with Gasteiger partial charge in [0.15, 0.2) is 5.78 Å². The highest BCUT2D eigenvalue weighted by molar-refractivity contribution is 6.06. The highest BCUT2D eigenvalue weighted by Crippen LogP contribution is 2.33. The number of alkyl halides is 3. The molecule has 0 aromatic heterocycles. The number of ketones is 1. The summed E-state index contributed by atoms with van der Waals surface area (Å²) in [5.74, 6) is -0.489. The number of nitrogens with zero attached hydrogens (tertiary/aromatic N) is 1. The third-order valence-corrected chi connectivity index (χ3v) is 2.61. The molecule has 0 unspecified atom stereocenters. The lowest BCUT2D eigenvalue weighted by molar-refractivity contribution is -0.137. The Morgan fingerprint density at radius 2 is 1.75 bits per heavy atom. The Kier molecular flexibility index (Phi) is 4.39. The Morgan fingerprint density at radius 3 is 2.20 bits per heavy atom. The Labute approximate surface area is 115 Å². The lowest BCUT2D eigenvalue weighted by Gasteiger charge is -2.16. The predicted molar refractivity (Wildman–Crippen MR) is 69.5 cm³/mol. The summed E-state index contributed by atoms with van der Waals surface area (Å²) in [4.78, 5) is 12.0. The normalized spacial score (nSPS) is 12.9. The molecule has 0 bridgehead atoms. The molecule has 1 aromatic carbocycles. The molecule has 0 aliphatic heterocycles. The summed E-state index contributed by atoms with van der Waals surface area (Å²) in [6.45, 7) is 4.82. The van der Waals surface area contributed by atoms with Crippen LogP contribution in [-0.2, 0) is 11.0 Å². The lowest BCUT2D eigenvalue weighted by atomic mass is 9.86. The molecule has 0 fully saturated rings. The average molecular weight is 281 g/mol. The van der Waals surface area contributed by atoms with Crippen molar-refractivity contribution in [3.63, 3.8) is 0 Å². The van der Waals surface area contributed by atoms with Gasteiger partial charge in [-0.15, -0.1) is 0 Å². The second-order valence-corrected chi connectivity index (χ2v) is 5.33. The van der Waals surface area contributed by atoms with Crippen LogP contribution in [0.25, 0.3) is 6.08 Å². The van der Waals surface area contributed by atoms with Crippen LogP contribution in [-0.4, -0.2) is 5.78 Å². The molecule has 5 heteroatoms. The summed E-state index contributed by atoms with van der Waals surface area (Å²) in [7, 11) is 0. The van der Waals surface area contributed by atoms with Crippen molar-refractivity contribution in [3.05, 3.63) is 41.0 Å². The fourth-order valence-corrected chi connectivity index (χ4v) is 1.59. The zero-order valence-electron chi connectivity index (χ0n) is 11.4. The number of hydrogen-bond donors (Lipinski definition) is 0. The number of allylic oxidation sites excluding steroid dienone is 1. The van der Waals surface area contributed by atoms with E-state index in [2.05, 4.69) is 0 Å². The first-order chi connectivity index (χ1) is 9.07. The van der Waals surface area contributed by atoms with Crippen LogP contribution in [0, 0.1) is 16.7 Å². The molecule has 1 aromatic rings. The number of benzene rings is 1. The Bertz CT molecular complexity index is 586. The van der Waals surface area contributed by atoms with E-state index in [1.165, 1.54) is 18.2 Å². The molecule has 0 saturated carbocycles. The van der Waals surface area contributed by atoms with E-state index in [-0.39, 0.29) is 11.1 Å². The second kappa shape index (κ2) is 5.49. The Balaban J connectivity index is 3.37. The molecule has 0 aliphatic carbocycles. The summed E-state index contributed by atoms with van der Waals surface area (Å²) in [6, 6.07) is 6.52. The first-order valence-corrected chi connectivity index (χ1v) is 5.90. The molecule has 0 amide bonds. The summed E-state index contributed by atoms with van der Waals surface area (Å²) in [5, 5.41) is 8.99. The smallest absolute Gasteiger partial charge is 0.293 e. The van der Waals surface area contributed by atoms with E-state index in [0.717, 1.165) is 12.1 Å². The van der Waals surface area contributed by atoms with E-state index in [0.29, 0.717) is 0 Å². The van der Waals surface area contributed by atoms with E-state index in [1.807, 2.05) is 0 Å².